The van der Waals surface area contributed by atoms with Gasteiger partial charge in [-0.3, -0.25) is 0 Å². The maximum absolute atomic E-state index is 10.6. The van der Waals surface area contributed by atoms with Crippen molar-refractivity contribution < 1.29 is 74.4 Å². The fourth-order valence-corrected chi connectivity index (χ4v) is 4.43. The highest BCUT2D eigenvalue weighted by Gasteiger charge is 2.51. The summed E-state index contributed by atoms with van der Waals surface area (Å²) in [5, 5.41) is 90.5. The van der Waals surface area contributed by atoms with Crippen molar-refractivity contribution in [2.45, 2.75) is 98.9 Å². The number of hydrogen-bond donors (Lipinski definition) is 9. The topological polar surface area (TPSA) is 237 Å². The van der Waals surface area contributed by atoms with Crippen LogP contribution in [0.25, 0.3) is 0 Å². The van der Waals surface area contributed by atoms with Crippen molar-refractivity contribution >= 4 is 0 Å². The molecule has 15 heteroatoms. The van der Waals surface area contributed by atoms with Crippen molar-refractivity contribution in [3.05, 3.63) is 0 Å². The molecular formula is C20H36O15. The summed E-state index contributed by atoms with van der Waals surface area (Å²) >= 11 is 0. The molecular weight excluding hydrogens is 480 g/mol. The lowest BCUT2D eigenvalue weighted by molar-refractivity contribution is -0.354. The summed E-state index contributed by atoms with van der Waals surface area (Å²) in [6, 6.07) is 0. The number of aliphatic hydroxyl groups excluding tert-OH is 9. The molecule has 3 aliphatic rings. The third-order valence-corrected chi connectivity index (χ3v) is 6.58. The molecule has 0 amide bonds. The molecule has 15 atom stereocenters. The summed E-state index contributed by atoms with van der Waals surface area (Å²) in [6.07, 6.45) is -20.8. The van der Waals surface area contributed by atoms with E-state index >= 15 is 0 Å². The van der Waals surface area contributed by atoms with Crippen LogP contribution in [0.1, 0.15) is 6.92 Å². The minimum absolute atomic E-state index is 0.433. The van der Waals surface area contributed by atoms with Gasteiger partial charge >= 0.3 is 0 Å². The maximum Gasteiger partial charge on any atom is 0.187 e. The van der Waals surface area contributed by atoms with Gasteiger partial charge < -0.3 is 74.4 Å². The Balaban J connectivity index is 1.70. The van der Waals surface area contributed by atoms with Gasteiger partial charge in [0, 0.05) is 7.11 Å². The van der Waals surface area contributed by atoms with E-state index in [-0.39, 0.29) is 0 Å². The average molecular weight is 516 g/mol. The van der Waals surface area contributed by atoms with E-state index in [1.165, 1.54) is 14.0 Å². The Kier molecular flexibility index (Phi) is 10.2. The molecule has 0 aromatic rings. The van der Waals surface area contributed by atoms with Crippen LogP contribution in [0.3, 0.4) is 0 Å². The zero-order chi connectivity index (χ0) is 26.0. The van der Waals surface area contributed by atoms with Crippen LogP contribution in [-0.2, 0) is 28.4 Å². The van der Waals surface area contributed by atoms with Crippen molar-refractivity contribution in [1.82, 2.24) is 0 Å². The first-order valence-electron chi connectivity index (χ1n) is 11.3. The van der Waals surface area contributed by atoms with Gasteiger partial charge in [-0.05, 0) is 6.92 Å². The predicted octanol–water partition coefficient (Wildman–Crippen LogP) is -5.85. The molecule has 15 nitrogen and oxygen atoms in total. The normalized spacial score (nSPS) is 51.3. The number of methoxy groups -OCH3 is 1. The number of rotatable bonds is 8. The molecule has 6 unspecified atom stereocenters. The van der Waals surface area contributed by atoms with Crippen LogP contribution in [0.15, 0.2) is 0 Å². The van der Waals surface area contributed by atoms with Gasteiger partial charge in [0.1, 0.15) is 73.2 Å². The van der Waals surface area contributed by atoms with Crippen molar-refractivity contribution in [2.24, 2.45) is 0 Å². The molecule has 206 valence electrons. The summed E-state index contributed by atoms with van der Waals surface area (Å²) in [5.74, 6) is 0. The third kappa shape index (κ3) is 5.95. The van der Waals surface area contributed by atoms with E-state index in [9.17, 15) is 46.0 Å². The minimum atomic E-state index is -1.68. The Hall–Kier alpha value is -0.600. The van der Waals surface area contributed by atoms with Crippen LogP contribution < -0.4 is 0 Å². The van der Waals surface area contributed by atoms with E-state index in [0.717, 1.165) is 0 Å². The van der Waals surface area contributed by atoms with Crippen LogP contribution >= 0.6 is 0 Å². The smallest absolute Gasteiger partial charge is 0.187 e. The second-order valence-corrected chi connectivity index (χ2v) is 8.90. The van der Waals surface area contributed by atoms with E-state index in [2.05, 4.69) is 0 Å². The molecule has 0 aliphatic carbocycles. The van der Waals surface area contributed by atoms with Crippen LogP contribution in [0, 0.1) is 0 Å². The summed E-state index contributed by atoms with van der Waals surface area (Å²) in [5.41, 5.74) is 0. The molecule has 9 N–H and O–H groups in total. The highest BCUT2D eigenvalue weighted by atomic mass is 16.7. The molecule has 0 radical (unpaired) electrons. The summed E-state index contributed by atoms with van der Waals surface area (Å²) in [7, 11) is 1.24. The van der Waals surface area contributed by atoms with Gasteiger partial charge in [0.05, 0.1) is 25.9 Å². The van der Waals surface area contributed by atoms with Gasteiger partial charge in [-0.1, -0.05) is 0 Å². The number of aliphatic hydroxyl groups is 9. The SMILES string of the molecule is CO[C@@H]1C(CO[C@H]2OC(CO)[C@H](O)[C@@H](O)C2O)O[C@@H](O[C@H]2C(O)C(O)[C@H](C)O[C@H]2CO)C(O)[C@@H]1O. The summed E-state index contributed by atoms with van der Waals surface area (Å²) in [6.45, 7) is -0.168. The first kappa shape index (κ1) is 29.0. The second-order valence-electron chi connectivity index (χ2n) is 8.90. The lowest BCUT2D eigenvalue weighted by Gasteiger charge is -2.46. The summed E-state index contributed by atoms with van der Waals surface area (Å²) < 4.78 is 32.7. The summed E-state index contributed by atoms with van der Waals surface area (Å²) in [4.78, 5) is 0. The molecule has 3 rings (SSSR count). The van der Waals surface area contributed by atoms with Gasteiger partial charge in [0.15, 0.2) is 12.6 Å². The zero-order valence-electron chi connectivity index (χ0n) is 19.3. The van der Waals surface area contributed by atoms with Crippen LogP contribution in [0.5, 0.6) is 0 Å². The minimum Gasteiger partial charge on any atom is -0.394 e. The molecule has 3 heterocycles. The molecule has 3 saturated heterocycles. The molecule has 0 bridgehead atoms. The standard InChI is InChI=1S/C20H36O15/c1-6-10(23)13(26)18(8(4-22)32-6)35-20-16(29)14(27)17(30-2)9(34-20)5-31-19-15(28)12(25)11(24)7(3-21)33-19/h6-29H,3-5H2,1-2H3/t6-,7?,8-,9?,10?,11-,12+,13?,14-,15?,16?,17+,18+,19-,20-/m0/s1. The van der Waals surface area contributed by atoms with Crippen LogP contribution in [0.2, 0.25) is 0 Å². The lowest BCUT2D eigenvalue weighted by atomic mass is 9.95. The first-order chi connectivity index (χ1) is 16.5. The Morgan fingerprint density at radius 2 is 1.17 bits per heavy atom. The molecule has 35 heavy (non-hydrogen) atoms. The van der Waals surface area contributed by atoms with Crippen molar-refractivity contribution in [1.29, 1.82) is 0 Å². The highest BCUT2D eigenvalue weighted by molar-refractivity contribution is 4.95. The predicted molar refractivity (Wildman–Crippen MR) is 109 cm³/mol. The van der Waals surface area contributed by atoms with E-state index < -0.39 is 112 Å². The molecule has 0 aromatic heterocycles. The van der Waals surface area contributed by atoms with Gasteiger partial charge in [0.25, 0.3) is 0 Å². The molecule has 3 aliphatic heterocycles. The van der Waals surface area contributed by atoms with E-state index in [0.29, 0.717) is 0 Å². The van der Waals surface area contributed by atoms with Crippen LogP contribution in [0.4, 0.5) is 0 Å². The lowest BCUT2D eigenvalue weighted by Crippen LogP contribution is -2.65. The van der Waals surface area contributed by atoms with Crippen LogP contribution in [-0.4, -0.2) is 165 Å². The van der Waals surface area contributed by atoms with Gasteiger partial charge in [0.2, 0.25) is 0 Å². The largest absolute Gasteiger partial charge is 0.394 e. The number of ether oxygens (including phenoxy) is 6. The van der Waals surface area contributed by atoms with E-state index in [1.54, 1.807) is 0 Å². The molecule has 0 saturated carbocycles. The first-order valence-corrected chi connectivity index (χ1v) is 11.3. The monoisotopic (exact) mass is 516 g/mol. The van der Waals surface area contributed by atoms with Crippen molar-refractivity contribution in [3.8, 4) is 0 Å². The molecule has 0 spiro atoms. The Labute approximate surface area is 200 Å². The van der Waals surface area contributed by atoms with E-state index in [1.807, 2.05) is 0 Å². The average Bonchev–Trinajstić information content (AvgIpc) is 2.85. The third-order valence-electron chi connectivity index (χ3n) is 6.58. The highest BCUT2D eigenvalue weighted by Crippen LogP contribution is 2.31. The van der Waals surface area contributed by atoms with Gasteiger partial charge in [-0.25, -0.2) is 0 Å². The Bertz CT molecular complexity index is 652. The Morgan fingerprint density at radius 1 is 0.600 bits per heavy atom. The fraction of sp³-hybridized carbons (Fsp3) is 1.00. The quantitative estimate of drug-likeness (QED) is 0.146. The fourth-order valence-electron chi connectivity index (χ4n) is 4.43. The van der Waals surface area contributed by atoms with Gasteiger partial charge in [-0.2, -0.15) is 0 Å². The Morgan fingerprint density at radius 3 is 1.77 bits per heavy atom. The van der Waals surface area contributed by atoms with Crippen molar-refractivity contribution in [2.75, 3.05) is 26.9 Å². The molecule has 3 fully saturated rings. The molecule has 0 aromatic carbocycles. The zero-order valence-corrected chi connectivity index (χ0v) is 19.3. The van der Waals surface area contributed by atoms with E-state index in [4.69, 9.17) is 28.4 Å². The van der Waals surface area contributed by atoms with Crippen molar-refractivity contribution in [3.63, 3.8) is 0 Å². The second kappa shape index (κ2) is 12.3. The number of hydrogen-bond acceptors (Lipinski definition) is 15. The maximum atomic E-state index is 10.6. The van der Waals surface area contributed by atoms with Gasteiger partial charge in [-0.15, -0.1) is 0 Å².